The van der Waals surface area contributed by atoms with E-state index in [1.54, 1.807) is 12.3 Å². The van der Waals surface area contributed by atoms with Gasteiger partial charge < -0.3 is 15.1 Å². The van der Waals surface area contributed by atoms with Gasteiger partial charge in [-0.1, -0.05) is 13.8 Å². The van der Waals surface area contributed by atoms with Gasteiger partial charge in [-0.05, 0) is 25.1 Å². The van der Waals surface area contributed by atoms with Gasteiger partial charge in [0, 0.05) is 38.4 Å². The lowest BCUT2D eigenvalue weighted by atomic mass is 10.0. The van der Waals surface area contributed by atoms with Crippen molar-refractivity contribution < 1.29 is 4.79 Å². The second-order valence-corrected chi connectivity index (χ2v) is 7.98. The minimum absolute atomic E-state index is 0.0120. The Bertz CT molecular complexity index is 848. The number of hydrogen-bond acceptors (Lipinski definition) is 8. The van der Waals surface area contributed by atoms with Crippen LogP contribution < -0.4 is 20.7 Å². The molecule has 154 valence electrons. The number of aromatic nitrogens is 3. The van der Waals surface area contributed by atoms with Crippen LogP contribution in [0.15, 0.2) is 30.6 Å². The van der Waals surface area contributed by atoms with Crippen molar-refractivity contribution in [1.29, 1.82) is 0 Å². The van der Waals surface area contributed by atoms with Crippen LogP contribution in [0, 0.1) is 5.92 Å². The normalized spacial score (nSPS) is 20.3. The quantitative estimate of drug-likeness (QED) is 0.788. The third-order valence-electron chi connectivity index (χ3n) is 5.48. The molecular formula is C20H28N8O. The van der Waals surface area contributed by atoms with Gasteiger partial charge in [0.1, 0.15) is 5.82 Å². The van der Waals surface area contributed by atoms with Crippen LogP contribution in [0.1, 0.15) is 20.3 Å². The van der Waals surface area contributed by atoms with Crippen molar-refractivity contribution in [2.75, 3.05) is 48.5 Å². The molecule has 4 heterocycles. The van der Waals surface area contributed by atoms with E-state index < -0.39 is 0 Å². The number of nitrogens with zero attached hydrogens (tertiary/aromatic N) is 6. The first-order valence-corrected chi connectivity index (χ1v) is 10.1. The van der Waals surface area contributed by atoms with Gasteiger partial charge in [0.05, 0.1) is 24.3 Å². The van der Waals surface area contributed by atoms with Gasteiger partial charge in [-0.25, -0.2) is 9.97 Å². The number of rotatable bonds is 5. The molecule has 1 unspecified atom stereocenters. The zero-order valence-electron chi connectivity index (χ0n) is 17.2. The molecule has 4 rings (SSSR count). The third kappa shape index (κ3) is 4.40. The average Bonchev–Trinajstić information content (AvgIpc) is 3.12. The minimum Gasteiger partial charge on any atom is -0.368 e. The molecule has 9 nitrogen and oxygen atoms in total. The summed E-state index contributed by atoms with van der Waals surface area (Å²) < 4.78 is 0. The fourth-order valence-electron chi connectivity index (χ4n) is 3.67. The number of pyridine rings is 1. The predicted molar refractivity (Wildman–Crippen MR) is 113 cm³/mol. The van der Waals surface area contributed by atoms with Crippen molar-refractivity contribution in [3.63, 3.8) is 0 Å². The first kappa shape index (κ1) is 19.4. The second-order valence-electron chi connectivity index (χ2n) is 7.98. The number of carbonyl (C=O) groups is 1. The molecule has 2 aromatic heterocycles. The Morgan fingerprint density at radius 1 is 1.14 bits per heavy atom. The van der Waals surface area contributed by atoms with E-state index in [0.717, 1.165) is 31.9 Å². The van der Waals surface area contributed by atoms with E-state index in [1.807, 2.05) is 17.3 Å². The van der Waals surface area contributed by atoms with Crippen LogP contribution in [0.3, 0.4) is 0 Å². The van der Waals surface area contributed by atoms with Gasteiger partial charge in [-0.15, -0.1) is 0 Å². The fraction of sp³-hybridized carbons (Fsp3) is 0.500. The number of likely N-dealkylation sites (N-methyl/N-ethyl adjacent to an activating group) is 1. The summed E-state index contributed by atoms with van der Waals surface area (Å²) in [5.41, 5.74) is 4.01. The maximum atomic E-state index is 11.9. The molecule has 0 radical (unpaired) electrons. The van der Waals surface area contributed by atoms with Crippen LogP contribution in [-0.4, -0.2) is 65.0 Å². The smallest absolute Gasteiger partial charge is 0.240 e. The van der Waals surface area contributed by atoms with E-state index in [1.165, 1.54) is 0 Å². The maximum Gasteiger partial charge on any atom is 0.240 e. The van der Waals surface area contributed by atoms with Gasteiger partial charge in [0.2, 0.25) is 11.9 Å². The van der Waals surface area contributed by atoms with Crippen molar-refractivity contribution in [2.24, 2.45) is 5.92 Å². The molecule has 0 spiro atoms. The molecule has 2 aliphatic rings. The molecule has 1 atom stereocenters. The summed E-state index contributed by atoms with van der Waals surface area (Å²) in [5.74, 6) is 2.14. The lowest BCUT2D eigenvalue weighted by molar-refractivity contribution is -0.119. The summed E-state index contributed by atoms with van der Waals surface area (Å²) >= 11 is 0. The predicted octanol–water partition coefficient (Wildman–Crippen LogP) is 1.63. The van der Waals surface area contributed by atoms with Gasteiger partial charge in [0.15, 0.2) is 5.82 Å². The monoisotopic (exact) mass is 396 g/mol. The third-order valence-corrected chi connectivity index (χ3v) is 5.48. The lowest BCUT2D eigenvalue weighted by Gasteiger charge is -2.33. The number of carbonyl (C=O) groups excluding carboxylic acids is 1. The molecule has 0 bridgehead atoms. The number of amides is 1. The van der Waals surface area contributed by atoms with E-state index in [0.29, 0.717) is 29.9 Å². The molecule has 2 aliphatic heterocycles. The molecule has 2 aromatic rings. The standard InChI is InChI=1S/C20H28N8O/c1-14(2)16-12-19(29)25-28(16)18-6-7-21-20(24-18)23-17-5-4-15(13-22-17)27-10-8-26(3)9-11-27/h4-7,13-14,16H,8-12H2,1-3H3,(H,25,29)(H,21,22,23,24). The van der Waals surface area contributed by atoms with Gasteiger partial charge in [-0.3, -0.25) is 15.2 Å². The number of nitrogens with one attached hydrogen (secondary N) is 2. The average molecular weight is 396 g/mol. The van der Waals surface area contributed by atoms with Gasteiger partial charge >= 0.3 is 0 Å². The molecule has 0 saturated carbocycles. The molecule has 9 heteroatoms. The van der Waals surface area contributed by atoms with E-state index in [-0.39, 0.29) is 11.9 Å². The molecule has 0 aromatic carbocycles. The Morgan fingerprint density at radius 2 is 1.93 bits per heavy atom. The highest BCUT2D eigenvalue weighted by molar-refractivity contribution is 5.82. The van der Waals surface area contributed by atoms with Crippen molar-refractivity contribution in [1.82, 2.24) is 25.3 Å². The summed E-state index contributed by atoms with van der Waals surface area (Å²) in [7, 11) is 2.15. The van der Waals surface area contributed by atoms with Crippen molar-refractivity contribution in [2.45, 2.75) is 26.3 Å². The highest BCUT2D eigenvalue weighted by Gasteiger charge is 2.33. The molecule has 2 fully saturated rings. The Labute approximate surface area is 171 Å². The molecule has 2 N–H and O–H groups in total. The largest absolute Gasteiger partial charge is 0.368 e. The Morgan fingerprint density at radius 3 is 2.62 bits per heavy atom. The van der Waals surface area contributed by atoms with E-state index in [2.05, 4.69) is 62.5 Å². The zero-order chi connectivity index (χ0) is 20.4. The lowest BCUT2D eigenvalue weighted by Crippen LogP contribution is -2.44. The highest BCUT2D eigenvalue weighted by atomic mass is 16.2. The molecular weight excluding hydrogens is 368 g/mol. The van der Waals surface area contributed by atoms with Crippen molar-refractivity contribution in [3.05, 3.63) is 30.6 Å². The minimum atomic E-state index is 0.0120. The first-order chi connectivity index (χ1) is 14.0. The SMILES string of the molecule is CC(C)C1CC(=O)NN1c1ccnc(Nc2ccc(N3CCN(C)CC3)cn2)n1. The van der Waals surface area contributed by atoms with Crippen molar-refractivity contribution >= 4 is 29.2 Å². The van der Waals surface area contributed by atoms with Crippen LogP contribution >= 0.6 is 0 Å². The van der Waals surface area contributed by atoms with Crippen LogP contribution in [0.25, 0.3) is 0 Å². The summed E-state index contributed by atoms with van der Waals surface area (Å²) in [6, 6.07) is 5.89. The number of anilines is 4. The molecule has 1 amide bonds. The highest BCUT2D eigenvalue weighted by Crippen LogP contribution is 2.25. The van der Waals surface area contributed by atoms with Gasteiger partial charge in [0.25, 0.3) is 0 Å². The maximum absolute atomic E-state index is 11.9. The van der Waals surface area contributed by atoms with E-state index >= 15 is 0 Å². The van der Waals surface area contributed by atoms with Crippen LogP contribution in [0.4, 0.5) is 23.3 Å². The fourth-order valence-corrected chi connectivity index (χ4v) is 3.67. The zero-order valence-corrected chi connectivity index (χ0v) is 17.2. The van der Waals surface area contributed by atoms with Crippen LogP contribution in [0.5, 0.6) is 0 Å². The van der Waals surface area contributed by atoms with Crippen LogP contribution in [0.2, 0.25) is 0 Å². The second kappa shape index (κ2) is 8.20. The number of hydrogen-bond donors (Lipinski definition) is 2. The Kier molecular flexibility index (Phi) is 5.48. The first-order valence-electron chi connectivity index (χ1n) is 10.1. The Balaban J connectivity index is 1.45. The van der Waals surface area contributed by atoms with E-state index in [9.17, 15) is 4.79 Å². The number of hydrazine groups is 1. The Hall–Kier alpha value is -2.94. The molecule has 2 saturated heterocycles. The van der Waals surface area contributed by atoms with Gasteiger partial charge in [-0.2, -0.15) is 4.98 Å². The topological polar surface area (TPSA) is 89.5 Å². The van der Waals surface area contributed by atoms with Crippen molar-refractivity contribution in [3.8, 4) is 0 Å². The summed E-state index contributed by atoms with van der Waals surface area (Å²) in [6.45, 7) is 8.34. The molecule has 0 aliphatic carbocycles. The van der Waals surface area contributed by atoms with Crippen LogP contribution in [-0.2, 0) is 4.79 Å². The summed E-state index contributed by atoms with van der Waals surface area (Å²) in [4.78, 5) is 29.9. The molecule has 29 heavy (non-hydrogen) atoms. The number of piperazine rings is 1. The van der Waals surface area contributed by atoms with E-state index in [4.69, 9.17) is 0 Å². The summed E-state index contributed by atoms with van der Waals surface area (Å²) in [6.07, 6.45) is 4.04. The summed E-state index contributed by atoms with van der Waals surface area (Å²) in [5, 5.41) is 5.00.